The summed E-state index contributed by atoms with van der Waals surface area (Å²) in [5.41, 5.74) is 3.58. The molecular formula is C43H48F3N9O4. The molecule has 2 aromatic carbocycles. The van der Waals surface area contributed by atoms with Crippen LogP contribution in [0.25, 0.3) is 0 Å². The number of aldehydes is 1. The van der Waals surface area contributed by atoms with Crippen LogP contribution in [-0.2, 0) is 22.2 Å². The quantitative estimate of drug-likeness (QED) is 0.195. The molecule has 8 rings (SSSR count). The molecule has 3 amide bonds. The maximum Gasteiger partial charge on any atom is 0.453 e. The van der Waals surface area contributed by atoms with Gasteiger partial charge in [0.1, 0.15) is 18.2 Å². The van der Waals surface area contributed by atoms with Gasteiger partial charge in [0.15, 0.2) is 5.82 Å². The van der Waals surface area contributed by atoms with E-state index in [4.69, 9.17) is 0 Å². The number of amidine groups is 1. The van der Waals surface area contributed by atoms with Crippen LogP contribution in [0.1, 0.15) is 107 Å². The molecule has 3 saturated heterocycles. The lowest BCUT2D eigenvalue weighted by Crippen LogP contribution is -2.49. The Morgan fingerprint density at radius 1 is 0.898 bits per heavy atom. The maximum atomic E-state index is 13.7. The van der Waals surface area contributed by atoms with Crippen molar-refractivity contribution in [1.29, 1.82) is 0 Å². The highest BCUT2D eigenvalue weighted by atomic mass is 19.4. The van der Waals surface area contributed by atoms with E-state index in [1.54, 1.807) is 12.1 Å². The molecule has 0 bridgehead atoms. The molecule has 0 saturated carbocycles. The first kappa shape index (κ1) is 40.2. The Labute approximate surface area is 341 Å². The molecule has 16 heteroatoms. The number of halogens is 3. The van der Waals surface area contributed by atoms with E-state index in [9.17, 15) is 32.3 Å². The van der Waals surface area contributed by atoms with Crippen LogP contribution in [0.5, 0.6) is 0 Å². The Morgan fingerprint density at radius 2 is 1.61 bits per heavy atom. The molecule has 6 heterocycles. The highest BCUT2D eigenvalue weighted by Gasteiger charge is 2.45. The van der Waals surface area contributed by atoms with Gasteiger partial charge in [-0.3, -0.25) is 19.3 Å². The van der Waals surface area contributed by atoms with Gasteiger partial charge in [-0.05, 0) is 93.8 Å². The molecular weight excluding hydrogens is 764 g/mol. The number of imide groups is 1. The third kappa shape index (κ3) is 8.21. The van der Waals surface area contributed by atoms with E-state index in [-0.39, 0.29) is 18.7 Å². The number of nitrogens with one attached hydrogen (secondary N) is 1. The molecule has 3 aromatic rings. The lowest BCUT2D eigenvalue weighted by molar-refractivity contribution is -0.147. The molecule has 0 spiro atoms. The topological polar surface area (TPSA) is 136 Å². The average molecular weight is 812 g/mol. The normalized spacial score (nSPS) is 20.1. The van der Waals surface area contributed by atoms with Crippen molar-refractivity contribution in [3.63, 3.8) is 0 Å². The van der Waals surface area contributed by atoms with Crippen molar-refractivity contribution in [1.82, 2.24) is 34.9 Å². The standard InChI is InChI=1S/C43H48F3N9O4/c1-47-39(57)35(6-3-27-56)54-40(58)33-4-2-5-34(38(33)41(54)59)52-25-19-32(20-26-52)51-21-15-29(16-22-51)8-7-28-9-11-30(12-10-28)31-17-23-53(24-18-31)37-14-13-36-48-49-42(43(44,45)46)55(36)50-37/h2,4-5,9-12,27,29,31-32,35H,3,6,13-26H2,1H3,(H,47,57). The van der Waals surface area contributed by atoms with Crippen molar-refractivity contribution in [2.45, 2.75) is 88.4 Å². The fraction of sp³-hybridized carbons (Fsp3) is 0.512. The van der Waals surface area contributed by atoms with Gasteiger partial charge >= 0.3 is 6.18 Å². The average Bonchev–Trinajstić information content (AvgIpc) is 3.81. The number of hydrogen-bond donors (Lipinski definition) is 1. The number of aryl methyl sites for hydroxylation is 1. The van der Waals surface area contributed by atoms with Gasteiger partial charge in [0, 0.05) is 70.0 Å². The molecule has 1 unspecified atom stereocenters. The molecule has 0 aliphatic carbocycles. The van der Waals surface area contributed by atoms with E-state index in [0.29, 0.717) is 59.7 Å². The Balaban J connectivity index is 0.803. The summed E-state index contributed by atoms with van der Waals surface area (Å²) >= 11 is 0. The van der Waals surface area contributed by atoms with Crippen LogP contribution in [0.15, 0.2) is 47.6 Å². The van der Waals surface area contributed by atoms with Crippen molar-refractivity contribution >= 4 is 35.5 Å². The van der Waals surface area contributed by atoms with Crippen molar-refractivity contribution in [2.24, 2.45) is 11.0 Å². The number of likely N-dealkylation sites (tertiary alicyclic amines) is 2. The zero-order chi connectivity index (χ0) is 41.3. The predicted octanol–water partition coefficient (Wildman–Crippen LogP) is 4.71. The molecule has 59 heavy (non-hydrogen) atoms. The van der Waals surface area contributed by atoms with Gasteiger partial charge < -0.3 is 24.8 Å². The van der Waals surface area contributed by atoms with Gasteiger partial charge in [-0.25, -0.2) is 0 Å². The van der Waals surface area contributed by atoms with Crippen LogP contribution < -0.4 is 10.2 Å². The van der Waals surface area contributed by atoms with E-state index < -0.39 is 35.8 Å². The number of carbonyl (C=O) groups excluding carboxylic acids is 4. The number of amides is 3. The number of alkyl halides is 3. The number of benzene rings is 2. The number of fused-ring (bicyclic) bond motifs is 2. The number of anilines is 1. The third-order valence-corrected chi connectivity index (χ3v) is 12.6. The molecule has 1 N–H and O–H groups in total. The zero-order valence-electron chi connectivity index (χ0n) is 33.1. The second-order valence-electron chi connectivity index (χ2n) is 16.0. The van der Waals surface area contributed by atoms with Gasteiger partial charge in [-0.2, -0.15) is 22.9 Å². The van der Waals surface area contributed by atoms with Crippen LogP contribution in [0, 0.1) is 17.8 Å². The Morgan fingerprint density at radius 3 is 2.29 bits per heavy atom. The Hall–Kier alpha value is -5.56. The van der Waals surface area contributed by atoms with Gasteiger partial charge in [-0.15, -0.1) is 10.2 Å². The van der Waals surface area contributed by atoms with Crippen molar-refractivity contribution in [3.05, 3.63) is 76.4 Å². The molecule has 310 valence electrons. The number of hydrogen-bond acceptors (Lipinski definition) is 10. The molecule has 13 nitrogen and oxygen atoms in total. The number of aromatic nitrogens is 3. The first-order valence-electron chi connectivity index (χ1n) is 20.6. The SMILES string of the molecule is CNC(=O)C(CCC=O)N1C(=O)c2cccc(N3CCC(N4CCC(C#Cc5ccc(C6CCN(C7=Nn8c(nnc8C(F)(F)F)CC7)CC6)cc5)CC4)CC3)c2C1=O. The first-order valence-corrected chi connectivity index (χ1v) is 20.6. The van der Waals surface area contributed by atoms with E-state index in [1.165, 1.54) is 12.6 Å². The number of carbonyl (C=O) groups is 4. The molecule has 5 aliphatic rings. The van der Waals surface area contributed by atoms with E-state index >= 15 is 0 Å². The highest BCUT2D eigenvalue weighted by Crippen LogP contribution is 2.36. The maximum absolute atomic E-state index is 13.7. The Bertz CT molecular complexity index is 2170. The van der Waals surface area contributed by atoms with Gasteiger partial charge in [0.05, 0.1) is 16.8 Å². The summed E-state index contributed by atoms with van der Waals surface area (Å²) < 4.78 is 41.0. The molecule has 1 aromatic heterocycles. The summed E-state index contributed by atoms with van der Waals surface area (Å²) in [7, 11) is 1.45. The van der Waals surface area contributed by atoms with Crippen LogP contribution >= 0.6 is 0 Å². The summed E-state index contributed by atoms with van der Waals surface area (Å²) in [5.74, 6) is 5.97. The monoisotopic (exact) mass is 811 g/mol. The van der Waals surface area contributed by atoms with Crippen LogP contribution in [0.3, 0.4) is 0 Å². The summed E-state index contributed by atoms with van der Waals surface area (Å²) in [6.07, 6.45) is 2.79. The van der Waals surface area contributed by atoms with Crippen molar-refractivity contribution < 1.29 is 32.3 Å². The van der Waals surface area contributed by atoms with E-state index in [0.717, 1.165) is 92.9 Å². The van der Waals surface area contributed by atoms with Gasteiger partial charge in [-0.1, -0.05) is 30.0 Å². The second kappa shape index (κ2) is 17.0. The predicted molar refractivity (Wildman–Crippen MR) is 213 cm³/mol. The zero-order valence-corrected chi connectivity index (χ0v) is 33.1. The minimum atomic E-state index is -4.60. The van der Waals surface area contributed by atoms with E-state index in [1.807, 2.05) is 6.07 Å². The van der Waals surface area contributed by atoms with Crippen LogP contribution in [0.2, 0.25) is 0 Å². The Kier molecular flexibility index (Phi) is 11.6. The van der Waals surface area contributed by atoms with Crippen LogP contribution in [-0.4, -0.2) is 118 Å². The summed E-state index contributed by atoms with van der Waals surface area (Å²) in [4.78, 5) is 58.8. The minimum absolute atomic E-state index is 0.0596. The smallest absolute Gasteiger partial charge is 0.371 e. The number of rotatable bonds is 8. The summed E-state index contributed by atoms with van der Waals surface area (Å²) in [6.45, 7) is 4.89. The van der Waals surface area contributed by atoms with Crippen molar-refractivity contribution in [2.75, 3.05) is 51.2 Å². The van der Waals surface area contributed by atoms with Crippen molar-refractivity contribution in [3.8, 4) is 11.8 Å². The fourth-order valence-electron chi connectivity index (χ4n) is 9.34. The molecule has 3 fully saturated rings. The second-order valence-corrected chi connectivity index (χ2v) is 16.0. The lowest BCUT2D eigenvalue weighted by Gasteiger charge is -2.42. The third-order valence-electron chi connectivity index (χ3n) is 12.6. The number of likely N-dealkylation sites (N-methyl/N-ethyl adjacent to an activating group) is 1. The summed E-state index contributed by atoms with van der Waals surface area (Å²) in [6, 6.07) is 13.2. The molecule has 5 aliphatic heterocycles. The largest absolute Gasteiger partial charge is 0.453 e. The lowest BCUT2D eigenvalue weighted by atomic mass is 9.88. The number of nitrogens with zero attached hydrogens (tertiary/aromatic N) is 8. The number of piperidine rings is 3. The molecule has 1 atom stereocenters. The van der Waals surface area contributed by atoms with Gasteiger partial charge in [0.2, 0.25) is 5.91 Å². The van der Waals surface area contributed by atoms with E-state index in [2.05, 4.69) is 71.4 Å². The van der Waals surface area contributed by atoms with Gasteiger partial charge in [0.25, 0.3) is 17.6 Å². The minimum Gasteiger partial charge on any atom is -0.371 e. The van der Waals surface area contributed by atoms with Crippen LogP contribution in [0.4, 0.5) is 18.9 Å². The highest BCUT2D eigenvalue weighted by molar-refractivity contribution is 6.25. The first-order chi connectivity index (χ1) is 28.5. The fourth-order valence-corrected chi connectivity index (χ4v) is 9.34. The molecule has 0 radical (unpaired) electrons. The summed E-state index contributed by atoms with van der Waals surface area (Å²) in [5, 5.41) is 13.8.